The van der Waals surface area contributed by atoms with Crippen molar-refractivity contribution < 1.29 is 9.47 Å². The number of benzene rings is 1. The van der Waals surface area contributed by atoms with E-state index in [1.807, 2.05) is 25.1 Å². The third-order valence-corrected chi connectivity index (χ3v) is 3.01. The summed E-state index contributed by atoms with van der Waals surface area (Å²) in [4.78, 5) is 0. The van der Waals surface area contributed by atoms with Gasteiger partial charge in [-0.25, -0.2) is 0 Å². The molecule has 1 N–H and O–H groups in total. The SMILES string of the molecule is CCNC(COc1ccc(C)cc1OC)C(C)C. The highest BCUT2D eigenvalue weighted by Crippen LogP contribution is 2.28. The highest BCUT2D eigenvalue weighted by molar-refractivity contribution is 5.42. The Morgan fingerprint density at radius 1 is 1.22 bits per heavy atom. The molecule has 1 aromatic carbocycles. The molecular weight excluding hydrogens is 226 g/mol. The molecule has 0 heterocycles. The van der Waals surface area contributed by atoms with Crippen LogP contribution in [0.15, 0.2) is 18.2 Å². The fourth-order valence-corrected chi connectivity index (χ4v) is 1.82. The smallest absolute Gasteiger partial charge is 0.161 e. The highest BCUT2D eigenvalue weighted by Gasteiger charge is 2.14. The van der Waals surface area contributed by atoms with Gasteiger partial charge in [-0.1, -0.05) is 26.8 Å². The van der Waals surface area contributed by atoms with Gasteiger partial charge in [0, 0.05) is 6.04 Å². The number of rotatable bonds is 7. The lowest BCUT2D eigenvalue weighted by molar-refractivity contribution is 0.224. The Hall–Kier alpha value is -1.22. The number of hydrogen-bond acceptors (Lipinski definition) is 3. The van der Waals surface area contributed by atoms with Gasteiger partial charge >= 0.3 is 0 Å². The monoisotopic (exact) mass is 251 g/mol. The maximum absolute atomic E-state index is 5.87. The van der Waals surface area contributed by atoms with Gasteiger partial charge in [-0.3, -0.25) is 0 Å². The molecule has 0 saturated carbocycles. The van der Waals surface area contributed by atoms with Gasteiger partial charge in [0.25, 0.3) is 0 Å². The normalized spacial score (nSPS) is 12.6. The van der Waals surface area contributed by atoms with Crippen LogP contribution >= 0.6 is 0 Å². The molecule has 0 bridgehead atoms. The van der Waals surface area contributed by atoms with Gasteiger partial charge in [-0.05, 0) is 37.1 Å². The summed E-state index contributed by atoms with van der Waals surface area (Å²) < 4.78 is 11.2. The van der Waals surface area contributed by atoms with Crippen LogP contribution in [-0.4, -0.2) is 26.3 Å². The van der Waals surface area contributed by atoms with Crippen LogP contribution in [0.3, 0.4) is 0 Å². The first-order valence-corrected chi connectivity index (χ1v) is 6.59. The van der Waals surface area contributed by atoms with Crippen molar-refractivity contribution in [1.29, 1.82) is 0 Å². The van der Waals surface area contributed by atoms with Crippen LogP contribution in [0.1, 0.15) is 26.3 Å². The topological polar surface area (TPSA) is 30.5 Å². The van der Waals surface area contributed by atoms with E-state index in [0.717, 1.165) is 18.0 Å². The zero-order chi connectivity index (χ0) is 13.5. The Bertz CT molecular complexity index is 364. The van der Waals surface area contributed by atoms with E-state index < -0.39 is 0 Å². The summed E-state index contributed by atoms with van der Waals surface area (Å²) in [5.41, 5.74) is 1.17. The molecule has 0 radical (unpaired) electrons. The van der Waals surface area contributed by atoms with E-state index in [-0.39, 0.29) is 0 Å². The zero-order valence-electron chi connectivity index (χ0n) is 12.1. The minimum Gasteiger partial charge on any atom is -0.493 e. The summed E-state index contributed by atoms with van der Waals surface area (Å²) in [6.45, 7) is 10.2. The van der Waals surface area contributed by atoms with Crippen LogP contribution in [-0.2, 0) is 0 Å². The van der Waals surface area contributed by atoms with Gasteiger partial charge in [-0.2, -0.15) is 0 Å². The van der Waals surface area contributed by atoms with E-state index in [1.54, 1.807) is 7.11 Å². The highest BCUT2D eigenvalue weighted by atomic mass is 16.5. The number of aryl methyl sites for hydroxylation is 1. The summed E-state index contributed by atoms with van der Waals surface area (Å²) >= 11 is 0. The Morgan fingerprint density at radius 3 is 2.50 bits per heavy atom. The molecule has 3 heteroatoms. The summed E-state index contributed by atoms with van der Waals surface area (Å²) in [5, 5.41) is 3.44. The molecule has 1 aromatic rings. The molecule has 1 rings (SSSR count). The lowest BCUT2D eigenvalue weighted by Crippen LogP contribution is -2.38. The minimum atomic E-state index is 0.362. The minimum absolute atomic E-state index is 0.362. The molecule has 0 saturated heterocycles. The molecular formula is C15H25NO2. The summed E-state index contributed by atoms with van der Waals surface area (Å²) in [6, 6.07) is 6.36. The van der Waals surface area contributed by atoms with Crippen LogP contribution in [0.5, 0.6) is 11.5 Å². The average Bonchev–Trinajstić information content (AvgIpc) is 2.35. The predicted octanol–water partition coefficient (Wildman–Crippen LogP) is 3.02. The maximum Gasteiger partial charge on any atom is 0.161 e. The van der Waals surface area contributed by atoms with Crippen molar-refractivity contribution >= 4 is 0 Å². The first-order chi connectivity index (χ1) is 8.58. The van der Waals surface area contributed by atoms with E-state index in [2.05, 4.69) is 26.1 Å². The lowest BCUT2D eigenvalue weighted by Gasteiger charge is -2.22. The van der Waals surface area contributed by atoms with Crippen LogP contribution in [0.4, 0.5) is 0 Å². The molecule has 18 heavy (non-hydrogen) atoms. The Kier molecular flexibility index (Phi) is 5.99. The van der Waals surface area contributed by atoms with Gasteiger partial charge in [0.05, 0.1) is 7.11 Å². The molecule has 0 aliphatic rings. The van der Waals surface area contributed by atoms with Crippen LogP contribution in [0, 0.1) is 12.8 Å². The largest absolute Gasteiger partial charge is 0.493 e. The standard InChI is InChI=1S/C15H25NO2/c1-6-16-13(11(2)3)10-18-14-8-7-12(4)9-15(14)17-5/h7-9,11,13,16H,6,10H2,1-5H3. The molecule has 3 nitrogen and oxygen atoms in total. The molecule has 1 atom stereocenters. The second-order valence-corrected chi connectivity index (χ2v) is 4.87. The number of methoxy groups -OCH3 is 1. The number of nitrogens with one attached hydrogen (secondary N) is 1. The van der Waals surface area contributed by atoms with Crippen LogP contribution in [0.25, 0.3) is 0 Å². The van der Waals surface area contributed by atoms with Crippen molar-refractivity contribution in [2.24, 2.45) is 5.92 Å². The number of ether oxygens (including phenoxy) is 2. The van der Waals surface area contributed by atoms with Gasteiger partial charge in [0.15, 0.2) is 11.5 Å². The molecule has 0 aliphatic carbocycles. The van der Waals surface area contributed by atoms with Crippen LogP contribution < -0.4 is 14.8 Å². The summed E-state index contributed by atoms with van der Waals surface area (Å²) in [5.74, 6) is 2.15. The Labute approximate surface area is 110 Å². The van der Waals surface area contributed by atoms with Crippen molar-refractivity contribution in [3.8, 4) is 11.5 Å². The average molecular weight is 251 g/mol. The second kappa shape index (κ2) is 7.27. The van der Waals surface area contributed by atoms with E-state index in [1.165, 1.54) is 5.56 Å². The molecule has 102 valence electrons. The van der Waals surface area contributed by atoms with Crippen molar-refractivity contribution in [3.05, 3.63) is 23.8 Å². The molecule has 0 aromatic heterocycles. The molecule has 0 amide bonds. The first-order valence-electron chi connectivity index (χ1n) is 6.59. The first kappa shape index (κ1) is 14.8. The third kappa shape index (κ3) is 4.22. The number of hydrogen-bond donors (Lipinski definition) is 1. The van der Waals surface area contributed by atoms with Crippen LogP contribution in [0.2, 0.25) is 0 Å². The number of likely N-dealkylation sites (N-methyl/N-ethyl adjacent to an activating group) is 1. The lowest BCUT2D eigenvalue weighted by atomic mass is 10.1. The van der Waals surface area contributed by atoms with E-state index in [9.17, 15) is 0 Å². The molecule has 1 unspecified atom stereocenters. The maximum atomic E-state index is 5.87. The van der Waals surface area contributed by atoms with Gasteiger partial charge in [-0.15, -0.1) is 0 Å². The van der Waals surface area contributed by atoms with E-state index in [0.29, 0.717) is 18.6 Å². The summed E-state index contributed by atoms with van der Waals surface area (Å²) in [6.07, 6.45) is 0. The van der Waals surface area contributed by atoms with Crippen molar-refractivity contribution in [2.45, 2.75) is 33.7 Å². The van der Waals surface area contributed by atoms with Crippen molar-refractivity contribution in [1.82, 2.24) is 5.32 Å². The van der Waals surface area contributed by atoms with Gasteiger partial charge in [0.1, 0.15) is 6.61 Å². The quantitative estimate of drug-likeness (QED) is 0.808. The van der Waals surface area contributed by atoms with Crippen molar-refractivity contribution in [3.63, 3.8) is 0 Å². The second-order valence-electron chi connectivity index (χ2n) is 4.87. The molecule has 0 spiro atoms. The summed E-state index contributed by atoms with van der Waals surface area (Å²) in [7, 11) is 1.67. The zero-order valence-corrected chi connectivity index (χ0v) is 12.1. The van der Waals surface area contributed by atoms with Gasteiger partial charge in [0.2, 0.25) is 0 Å². The fourth-order valence-electron chi connectivity index (χ4n) is 1.82. The predicted molar refractivity (Wildman–Crippen MR) is 75.5 cm³/mol. The van der Waals surface area contributed by atoms with Gasteiger partial charge < -0.3 is 14.8 Å². The Morgan fingerprint density at radius 2 is 1.94 bits per heavy atom. The van der Waals surface area contributed by atoms with E-state index in [4.69, 9.17) is 9.47 Å². The molecule has 0 aliphatic heterocycles. The van der Waals surface area contributed by atoms with E-state index >= 15 is 0 Å². The Balaban J connectivity index is 2.66. The molecule has 0 fully saturated rings. The third-order valence-electron chi connectivity index (χ3n) is 3.01. The fraction of sp³-hybridized carbons (Fsp3) is 0.600. The van der Waals surface area contributed by atoms with Crippen molar-refractivity contribution in [2.75, 3.05) is 20.3 Å².